The first-order valence-electron chi connectivity index (χ1n) is 10.5. The molecule has 0 aliphatic carbocycles. The largest absolute Gasteiger partial charge is 0.416 e. The molecule has 0 unspecified atom stereocenters. The van der Waals surface area contributed by atoms with E-state index in [2.05, 4.69) is 9.88 Å². The summed E-state index contributed by atoms with van der Waals surface area (Å²) in [5.41, 5.74) is 0.964. The van der Waals surface area contributed by atoms with Crippen LogP contribution in [-0.4, -0.2) is 55.2 Å². The number of anilines is 1. The smallest absolute Gasteiger partial charge is 0.379 e. The number of nitrogens with zero attached hydrogens (tertiary/aromatic N) is 3. The van der Waals surface area contributed by atoms with Crippen LogP contribution in [0.15, 0.2) is 42.5 Å². The number of ether oxygens (including phenoxy) is 1. The molecule has 3 aromatic rings. The van der Waals surface area contributed by atoms with Gasteiger partial charge in [-0.25, -0.2) is 4.98 Å². The predicted molar refractivity (Wildman–Crippen MR) is 127 cm³/mol. The second-order valence-electron chi connectivity index (χ2n) is 7.76. The van der Waals surface area contributed by atoms with Crippen molar-refractivity contribution in [1.29, 1.82) is 0 Å². The molecule has 1 fully saturated rings. The van der Waals surface area contributed by atoms with E-state index in [1.54, 1.807) is 0 Å². The van der Waals surface area contributed by atoms with Gasteiger partial charge in [-0.3, -0.25) is 14.6 Å². The van der Waals surface area contributed by atoms with E-state index in [9.17, 15) is 18.0 Å². The number of rotatable bonds is 6. The average molecular weight is 500 g/mol. The lowest BCUT2D eigenvalue weighted by atomic mass is 10.1. The molecule has 0 atom stereocenters. The van der Waals surface area contributed by atoms with Crippen molar-refractivity contribution in [2.75, 3.05) is 44.3 Å². The third kappa shape index (κ3) is 6.03. The van der Waals surface area contributed by atoms with Crippen molar-refractivity contribution >= 4 is 45.0 Å². The molecule has 1 saturated heterocycles. The number of fused-ring (bicyclic) bond motifs is 1. The third-order valence-electron chi connectivity index (χ3n) is 5.48. The Labute approximate surface area is 200 Å². The number of halogens is 4. The molecule has 1 aliphatic heterocycles. The molecule has 0 bridgehead atoms. The van der Waals surface area contributed by atoms with Gasteiger partial charge in [0.1, 0.15) is 0 Å². The summed E-state index contributed by atoms with van der Waals surface area (Å²) in [6.45, 7) is 6.13. The molecule has 5 nitrogen and oxygen atoms in total. The van der Waals surface area contributed by atoms with Crippen LogP contribution in [0.25, 0.3) is 10.2 Å². The van der Waals surface area contributed by atoms with Crippen molar-refractivity contribution < 1.29 is 22.7 Å². The van der Waals surface area contributed by atoms with E-state index in [4.69, 9.17) is 4.74 Å². The highest BCUT2D eigenvalue weighted by molar-refractivity contribution is 7.22. The van der Waals surface area contributed by atoms with Crippen molar-refractivity contribution in [1.82, 2.24) is 9.88 Å². The molecular formula is C23H25ClF3N3O2S. The molecule has 1 aliphatic rings. The lowest BCUT2D eigenvalue weighted by molar-refractivity contribution is -0.137. The van der Waals surface area contributed by atoms with Gasteiger partial charge in [0.25, 0.3) is 5.91 Å². The Balaban J connectivity index is 0.00000306. The molecular weight excluding hydrogens is 475 g/mol. The molecule has 1 amide bonds. The predicted octanol–water partition coefficient (Wildman–Crippen LogP) is 5.41. The molecule has 0 spiro atoms. The number of carbonyl (C=O) groups excluding carboxylic acids is 1. The third-order valence-corrected chi connectivity index (χ3v) is 6.53. The summed E-state index contributed by atoms with van der Waals surface area (Å²) < 4.78 is 45.9. The summed E-state index contributed by atoms with van der Waals surface area (Å²) in [4.78, 5) is 21.8. The van der Waals surface area contributed by atoms with Gasteiger partial charge in [0.2, 0.25) is 0 Å². The first kappa shape index (κ1) is 25.4. The minimum absolute atomic E-state index is 0. The summed E-state index contributed by atoms with van der Waals surface area (Å²) in [6, 6.07) is 10.4. The van der Waals surface area contributed by atoms with Crippen LogP contribution in [-0.2, 0) is 10.9 Å². The van der Waals surface area contributed by atoms with Crippen molar-refractivity contribution in [3.63, 3.8) is 0 Å². The Kier molecular flexibility index (Phi) is 8.33. The van der Waals surface area contributed by atoms with Gasteiger partial charge in [-0.15, -0.1) is 12.4 Å². The van der Waals surface area contributed by atoms with Crippen LogP contribution in [0.1, 0.15) is 27.9 Å². The summed E-state index contributed by atoms with van der Waals surface area (Å²) in [5.74, 6) is -0.477. The van der Waals surface area contributed by atoms with Gasteiger partial charge in [0.15, 0.2) is 5.13 Å². The number of benzene rings is 2. The van der Waals surface area contributed by atoms with Gasteiger partial charge in [-0.1, -0.05) is 29.5 Å². The number of aromatic nitrogens is 1. The van der Waals surface area contributed by atoms with E-state index in [1.807, 2.05) is 25.1 Å². The van der Waals surface area contributed by atoms with E-state index in [0.29, 0.717) is 31.3 Å². The van der Waals surface area contributed by atoms with Crippen LogP contribution in [0, 0.1) is 6.92 Å². The minimum Gasteiger partial charge on any atom is -0.379 e. The molecule has 0 radical (unpaired) electrons. The highest BCUT2D eigenvalue weighted by Crippen LogP contribution is 2.33. The van der Waals surface area contributed by atoms with Crippen LogP contribution < -0.4 is 4.90 Å². The number of alkyl halides is 3. The molecule has 178 valence electrons. The molecule has 0 N–H and O–H groups in total. The Morgan fingerprint density at radius 2 is 1.91 bits per heavy atom. The number of thiazole rings is 1. The number of hydrogen-bond acceptors (Lipinski definition) is 5. The highest BCUT2D eigenvalue weighted by atomic mass is 35.5. The van der Waals surface area contributed by atoms with Crippen LogP contribution in [0.3, 0.4) is 0 Å². The lowest BCUT2D eigenvalue weighted by Crippen LogP contribution is -2.39. The van der Waals surface area contributed by atoms with Gasteiger partial charge in [-0.2, -0.15) is 13.2 Å². The maximum Gasteiger partial charge on any atom is 0.416 e. The number of amides is 1. The van der Waals surface area contributed by atoms with Gasteiger partial charge < -0.3 is 4.74 Å². The number of carbonyl (C=O) groups is 1. The maximum atomic E-state index is 13.4. The van der Waals surface area contributed by atoms with E-state index in [-0.39, 0.29) is 18.0 Å². The number of para-hydroxylation sites is 1. The summed E-state index contributed by atoms with van der Waals surface area (Å²) in [6.07, 6.45) is -3.83. The van der Waals surface area contributed by atoms with Crippen molar-refractivity contribution in [2.24, 2.45) is 0 Å². The van der Waals surface area contributed by atoms with Gasteiger partial charge in [-0.05, 0) is 43.2 Å². The molecule has 0 saturated carbocycles. The fraction of sp³-hybridized carbons (Fsp3) is 0.391. The van der Waals surface area contributed by atoms with E-state index >= 15 is 0 Å². The first-order chi connectivity index (χ1) is 15.3. The van der Waals surface area contributed by atoms with E-state index in [0.717, 1.165) is 47.5 Å². The quantitative estimate of drug-likeness (QED) is 0.454. The Morgan fingerprint density at radius 1 is 1.18 bits per heavy atom. The molecule has 2 heterocycles. The lowest BCUT2D eigenvalue weighted by Gasteiger charge is -2.27. The van der Waals surface area contributed by atoms with Crippen LogP contribution in [0.5, 0.6) is 0 Å². The monoisotopic (exact) mass is 499 g/mol. The molecule has 1 aromatic heterocycles. The molecule has 4 rings (SSSR count). The maximum absolute atomic E-state index is 13.4. The zero-order chi connectivity index (χ0) is 22.7. The SMILES string of the molecule is Cc1cccc2sc(N(CCCN3CCOCC3)C(=O)c3cccc(C(F)(F)F)c3)nc12.Cl. The Morgan fingerprint density at radius 3 is 2.61 bits per heavy atom. The van der Waals surface area contributed by atoms with Gasteiger partial charge in [0, 0.05) is 31.7 Å². The summed E-state index contributed by atoms with van der Waals surface area (Å²) >= 11 is 1.38. The van der Waals surface area contributed by atoms with Crippen LogP contribution in [0.2, 0.25) is 0 Å². The molecule has 2 aromatic carbocycles. The van der Waals surface area contributed by atoms with Crippen molar-refractivity contribution in [3.8, 4) is 0 Å². The summed E-state index contributed by atoms with van der Waals surface area (Å²) in [7, 11) is 0. The van der Waals surface area contributed by atoms with E-state index < -0.39 is 17.6 Å². The number of aryl methyl sites for hydroxylation is 1. The zero-order valence-electron chi connectivity index (χ0n) is 18.1. The second kappa shape index (κ2) is 10.8. The average Bonchev–Trinajstić information content (AvgIpc) is 3.22. The Bertz CT molecular complexity index is 1100. The van der Waals surface area contributed by atoms with Crippen LogP contribution in [0.4, 0.5) is 18.3 Å². The minimum atomic E-state index is -4.51. The standard InChI is InChI=1S/C23H24F3N3O2S.ClH/c1-16-5-2-8-19-20(16)27-22(32-19)29(10-4-9-28-11-13-31-14-12-28)21(30)17-6-3-7-18(15-17)23(24,25)26;/h2-3,5-8,15H,4,9-14H2,1H3;1H. The number of hydrogen-bond donors (Lipinski definition) is 0. The normalized spacial score (nSPS) is 14.8. The Hall–Kier alpha value is -2.20. The van der Waals surface area contributed by atoms with Crippen LogP contribution >= 0.6 is 23.7 Å². The first-order valence-corrected chi connectivity index (χ1v) is 11.3. The molecule has 10 heteroatoms. The molecule has 33 heavy (non-hydrogen) atoms. The van der Waals surface area contributed by atoms with E-state index in [1.165, 1.54) is 28.4 Å². The fourth-order valence-corrected chi connectivity index (χ4v) is 4.80. The van der Waals surface area contributed by atoms with Crippen molar-refractivity contribution in [3.05, 3.63) is 59.2 Å². The topological polar surface area (TPSA) is 45.7 Å². The second-order valence-corrected chi connectivity index (χ2v) is 8.77. The highest BCUT2D eigenvalue weighted by Gasteiger charge is 2.32. The van der Waals surface area contributed by atoms with Gasteiger partial charge in [0.05, 0.1) is 29.0 Å². The van der Waals surface area contributed by atoms with Gasteiger partial charge >= 0.3 is 6.18 Å². The summed E-state index contributed by atoms with van der Waals surface area (Å²) in [5, 5.41) is 0.499. The zero-order valence-corrected chi connectivity index (χ0v) is 19.7. The number of morpholine rings is 1. The fourth-order valence-electron chi connectivity index (χ4n) is 3.74. The van der Waals surface area contributed by atoms with Crippen molar-refractivity contribution in [2.45, 2.75) is 19.5 Å².